The minimum Gasteiger partial charge on any atom is -0.378 e. The molecule has 0 bridgehead atoms. The summed E-state index contributed by atoms with van der Waals surface area (Å²) in [7, 11) is 4.08. The minimum absolute atomic E-state index is 0.00268. The molecule has 1 aliphatic heterocycles. The van der Waals surface area contributed by atoms with E-state index in [0.717, 1.165) is 6.54 Å². The molecule has 1 aromatic carbocycles. The molecule has 18 heavy (non-hydrogen) atoms. The monoisotopic (exact) mass is 246 g/mol. The van der Waals surface area contributed by atoms with Gasteiger partial charge in [-0.2, -0.15) is 0 Å². The van der Waals surface area contributed by atoms with Gasteiger partial charge in [-0.3, -0.25) is 9.69 Å². The second-order valence-corrected chi connectivity index (χ2v) is 5.94. The quantitative estimate of drug-likeness (QED) is 0.817. The molecule has 2 rings (SSSR count). The van der Waals surface area contributed by atoms with Crippen LogP contribution in [0.5, 0.6) is 0 Å². The Morgan fingerprint density at radius 2 is 1.83 bits per heavy atom. The third-order valence-electron chi connectivity index (χ3n) is 3.68. The summed E-state index contributed by atoms with van der Waals surface area (Å²) in [5, 5.41) is 0. The van der Waals surface area contributed by atoms with Crippen LogP contribution in [0.3, 0.4) is 0 Å². The Morgan fingerprint density at radius 3 is 2.28 bits per heavy atom. The van der Waals surface area contributed by atoms with E-state index in [1.165, 1.54) is 11.3 Å². The van der Waals surface area contributed by atoms with Crippen LogP contribution < -0.4 is 4.90 Å². The van der Waals surface area contributed by atoms with E-state index in [4.69, 9.17) is 0 Å². The van der Waals surface area contributed by atoms with Gasteiger partial charge in [0.1, 0.15) is 5.78 Å². The smallest absolute Gasteiger partial charge is 0.148 e. The van der Waals surface area contributed by atoms with Crippen LogP contribution in [0.4, 0.5) is 5.69 Å². The van der Waals surface area contributed by atoms with Crippen molar-refractivity contribution in [3.8, 4) is 0 Å². The lowest BCUT2D eigenvalue weighted by molar-refractivity contribution is -0.117. The van der Waals surface area contributed by atoms with E-state index < -0.39 is 0 Å². The number of anilines is 1. The number of hydrogen-bond acceptors (Lipinski definition) is 3. The summed E-state index contributed by atoms with van der Waals surface area (Å²) in [6, 6.07) is 8.54. The molecule has 0 N–H and O–H groups in total. The van der Waals surface area contributed by atoms with Crippen LogP contribution in [0.15, 0.2) is 24.3 Å². The van der Waals surface area contributed by atoms with Gasteiger partial charge in [0.2, 0.25) is 0 Å². The molecule has 98 valence electrons. The molecule has 1 aliphatic rings. The number of hydrogen-bond donors (Lipinski definition) is 0. The van der Waals surface area contributed by atoms with Gasteiger partial charge in [0.15, 0.2) is 0 Å². The van der Waals surface area contributed by atoms with Crippen LogP contribution in [0, 0.1) is 0 Å². The Balaban J connectivity index is 2.08. The van der Waals surface area contributed by atoms with Crippen molar-refractivity contribution in [1.82, 2.24) is 4.90 Å². The number of likely N-dealkylation sites (tertiary alicyclic amines) is 1. The Hall–Kier alpha value is -1.35. The first-order valence-corrected chi connectivity index (χ1v) is 6.41. The molecule has 0 radical (unpaired) electrons. The number of carbonyl (C=O) groups excluding carboxylic acids is 1. The van der Waals surface area contributed by atoms with E-state index >= 15 is 0 Å². The lowest BCUT2D eigenvalue weighted by atomic mass is 10.0. The van der Waals surface area contributed by atoms with Crippen LogP contribution in [-0.2, 0) is 11.3 Å². The summed E-state index contributed by atoms with van der Waals surface area (Å²) < 4.78 is 0. The first kappa shape index (κ1) is 13.1. The maximum atomic E-state index is 11.6. The van der Waals surface area contributed by atoms with Crippen molar-refractivity contribution < 1.29 is 4.79 Å². The molecule has 1 heterocycles. The SMILES string of the molecule is CN(C)c1ccc(CN2CC(=O)CC2(C)C)cc1. The Morgan fingerprint density at radius 1 is 1.22 bits per heavy atom. The van der Waals surface area contributed by atoms with Crippen molar-refractivity contribution in [3.63, 3.8) is 0 Å². The summed E-state index contributed by atoms with van der Waals surface area (Å²) in [6.45, 7) is 5.73. The van der Waals surface area contributed by atoms with Gasteiger partial charge in [-0.25, -0.2) is 0 Å². The molecule has 0 aromatic heterocycles. The highest BCUT2D eigenvalue weighted by molar-refractivity contribution is 5.84. The van der Waals surface area contributed by atoms with Crippen molar-refractivity contribution in [2.45, 2.75) is 32.4 Å². The standard InChI is InChI=1S/C15H22N2O/c1-15(2)9-14(18)11-17(15)10-12-5-7-13(8-6-12)16(3)4/h5-8H,9-11H2,1-4H3. The molecule has 0 spiro atoms. The van der Waals surface area contributed by atoms with E-state index in [1.54, 1.807) is 0 Å². The number of ketones is 1. The molecule has 3 heteroatoms. The topological polar surface area (TPSA) is 23.6 Å². The van der Waals surface area contributed by atoms with Gasteiger partial charge in [-0.05, 0) is 31.5 Å². The third kappa shape index (κ3) is 2.72. The molecule has 3 nitrogen and oxygen atoms in total. The molecule has 0 unspecified atom stereocenters. The fraction of sp³-hybridized carbons (Fsp3) is 0.533. The molecule has 0 atom stereocenters. The summed E-state index contributed by atoms with van der Waals surface area (Å²) in [6.07, 6.45) is 0.669. The van der Waals surface area contributed by atoms with E-state index in [-0.39, 0.29) is 5.54 Å². The molecule has 0 aliphatic carbocycles. The Kier molecular flexibility index (Phi) is 3.44. The lowest BCUT2D eigenvalue weighted by Crippen LogP contribution is -2.37. The molecular formula is C15H22N2O. The van der Waals surface area contributed by atoms with Crippen LogP contribution in [0.1, 0.15) is 25.8 Å². The van der Waals surface area contributed by atoms with Crippen LogP contribution in [0.25, 0.3) is 0 Å². The molecule has 1 fully saturated rings. The van der Waals surface area contributed by atoms with Crippen LogP contribution >= 0.6 is 0 Å². The zero-order chi connectivity index (χ0) is 13.3. The summed E-state index contributed by atoms with van der Waals surface area (Å²) in [5.74, 6) is 0.352. The zero-order valence-corrected chi connectivity index (χ0v) is 11.7. The average molecular weight is 246 g/mol. The third-order valence-corrected chi connectivity index (χ3v) is 3.68. The molecule has 1 saturated heterocycles. The van der Waals surface area contributed by atoms with E-state index in [1.807, 2.05) is 14.1 Å². The van der Waals surface area contributed by atoms with Crippen molar-refractivity contribution >= 4 is 11.5 Å². The second kappa shape index (κ2) is 4.73. The number of Topliss-reactive ketones (excluding diaryl/α,β-unsaturated/α-hetero) is 1. The fourth-order valence-electron chi connectivity index (χ4n) is 2.47. The average Bonchev–Trinajstić information content (AvgIpc) is 2.52. The van der Waals surface area contributed by atoms with E-state index in [9.17, 15) is 4.79 Å². The molecule has 0 amide bonds. The number of benzene rings is 1. The van der Waals surface area contributed by atoms with Crippen molar-refractivity contribution in [3.05, 3.63) is 29.8 Å². The summed E-state index contributed by atoms with van der Waals surface area (Å²) >= 11 is 0. The van der Waals surface area contributed by atoms with E-state index in [2.05, 4.69) is 47.9 Å². The first-order valence-electron chi connectivity index (χ1n) is 6.41. The maximum absolute atomic E-state index is 11.6. The fourth-order valence-corrected chi connectivity index (χ4v) is 2.47. The molecule has 0 saturated carbocycles. The highest BCUT2D eigenvalue weighted by Crippen LogP contribution is 2.28. The molecule has 1 aromatic rings. The largest absolute Gasteiger partial charge is 0.378 e. The van der Waals surface area contributed by atoms with Crippen molar-refractivity contribution in [1.29, 1.82) is 0 Å². The summed E-state index contributed by atoms with van der Waals surface area (Å²) in [4.78, 5) is 15.9. The first-order chi connectivity index (χ1) is 8.38. The van der Waals surface area contributed by atoms with Gasteiger partial charge in [0, 0.05) is 38.3 Å². The number of rotatable bonds is 3. The highest BCUT2D eigenvalue weighted by atomic mass is 16.1. The van der Waals surface area contributed by atoms with Gasteiger partial charge in [0.05, 0.1) is 6.54 Å². The van der Waals surface area contributed by atoms with Gasteiger partial charge < -0.3 is 4.90 Å². The number of nitrogens with zero attached hydrogens (tertiary/aromatic N) is 2. The predicted octanol–water partition coefficient (Wildman–Crippen LogP) is 2.31. The Labute approximate surface area is 109 Å². The van der Waals surface area contributed by atoms with Crippen LogP contribution in [-0.4, -0.2) is 36.9 Å². The lowest BCUT2D eigenvalue weighted by Gasteiger charge is -2.30. The summed E-state index contributed by atoms with van der Waals surface area (Å²) in [5.41, 5.74) is 2.47. The van der Waals surface area contributed by atoms with E-state index in [0.29, 0.717) is 18.7 Å². The van der Waals surface area contributed by atoms with Gasteiger partial charge in [0.25, 0.3) is 0 Å². The van der Waals surface area contributed by atoms with Gasteiger partial charge in [-0.15, -0.1) is 0 Å². The van der Waals surface area contributed by atoms with Crippen molar-refractivity contribution in [2.24, 2.45) is 0 Å². The number of carbonyl (C=O) groups is 1. The van der Waals surface area contributed by atoms with Gasteiger partial charge in [-0.1, -0.05) is 12.1 Å². The normalized spacial score (nSPS) is 19.2. The van der Waals surface area contributed by atoms with Crippen LogP contribution in [0.2, 0.25) is 0 Å². The van der Waals surface area contributed by atoms with Gasteiger partial charge >= 0.3 is 0 Å². The zero-order valence-electron chi connectivity index (χ0n) is 11.7. The molecular weight excluding hydrogens is 224 g/mol. The Bertz CT molecular complexity index is 434. The highest BCUT2D eigenvalue weighted by Gasteiger charge is 2.36. The second-order valence-electron chi connectivity index (χ2n) is 5.94. The maximum Gasteiger partial charge on any atom is 0.148 e. The minimum atomic E-state index is -0.00268. The van der Waals surface area contributed by atoms with Crippen molar-refractivity contribution in [2.75, 3.05) is 25.5 Å². The predicted molar refractivity (Wildman–Crippen MR) is 74.9 cm³/mol.